The monoisotopic (exact) mass is 503 g/mol. The van der Waals surface area contributed by atoms with E-state index in [-0.39, 0.29) is 18.8 Å². The molecular weight excluding hydrogens is 470 g/mol. The molecule has 0 spiro atoms. The quantitative estimate of drug-likeness (QED) is 0.380. The minimum Gasteiger partial charge on any atom is -0.467 e. The molecule has 3 aromatic heterocycles. The Bertz CT molecular complexity index is 1170. The van der Waals surface area contributed by atoms with Gasteiger partial charge in [-0.3, -0.25) is 9.69 Å². The second kappa shape index (κ2) is 11.9. The Morgan fingerprint density at radius 2 is 2.17 bits per heavy atom. The maximum atomic E-state index is 12.9. The highest BCUT2D eigenvalue weighted by Crippen LogP contribution is 2.28. The smallest absolute Gasteiger partial charge is 0.348 e. The number of thiophene rings is 1. The molecule has 3 heterocycles. The lowest BCUT2D eigenvalue weighted by molar-refractivity contribution is -0.00766. The van der Waals surface area contributed by atoms with Crippen molar-refractivity contribution in [2.45, 2.75) is 71.2 Å². The van der Waals surface area contributed by atoms with Gasteiger partial charge in [-0.2, -0.15) is 0 Å². The number of aliphatic hydroxyl groups is 1. The Balaban J connectivity index is 1.49. The SMILES string of the molecule is CCOC(=O)c1sc2nc(CN(CC(O)COCc3ccco3)C3CCCCC3)[nH]c(=O)c2c1C. The molecule has 35 heavy (non-hydrogen) atoms. The Labute approximate surface area is 208 Å². The van der Waals surface area contributed by atoms with Gasteiger partial charge < -0.3 is 24.0 Å². The number of aromatic nitrogens is 2. The van der Waals surface area contributed by atoms with Gasteiger partial charge in [0.1, 0.15) is 27.9 Å². The van der Waals surface area contributed by atoms with Crippen molar-refractivity contribution in [3.8, 4) is 0 Å². The molecule has 1 unspecified atom stereocenters. The number of furan rings is 1. The summed E-state index contributed by atoms with van der Waals surface area (Å²) in [4.78, 5) is 35.9. The highest BCUT2D eigenvalue weighted by atomic mass is 32.1. The number of rotatable bonds is 11. The van der Waals surface area contributed by atoms with Gasteiger partial charge in [0.2, 0.25) is 0 Å². The van der Waals surface area contributed by atoms with Crippen molar-refractivity contribution in [2.75, 3.05) is 19.8 Å². The summed E-state index contributed by atoms with van der Waals surface area (Å²) in [6.07, 6.45) is 6.47. The Kier molecular flexibility index (Phi) is 8.72. The summed E-state index contributed by atoms with van der Waals surface area (Å²) >= 11 is 1.18. The molecule has 2 N–H and O–H groups in total. The van der Waals surface area contributed by atoms with Crippen LogP contribution in [0.15, 0.2) is 27.6 Å². The summed E-state index contributed by atoms with van der Waals surface area (Å²) in [5.74, 6) is 0.800. The number of hydrogen-bond donors (Lipinski definition) is 2. The third-order valence-corrected chi connectivity index (χ3v) is 7.50. The first-order chi connectivity index (χ1) is 17.0. The van der Waals surface area contributed by atoms with E-state index in [4.69, 9.17) is 13.9 Å². The lowest BCUT2D eigenvalue weighted by atomic mass is 9.94. The average Bonchev–Trinajstić information content (AvgIpc) is 3.47. The minimum atomic E-state index is -0.693. The fourth-order valence-corrected chi connectivity index (χ4v) is 5.74. The van der Waals surface area contributed by atoms with E-state index in [2.05, 4.69) is 14.9 Å². The predicted molar refractivity (Wildman–Crippen MR) is 133 cm³/mol. The highest BCUT2D eigenvalue weighted by Gasteiger charge is 2.26. The normalized spacial score (nSPS) is 15.7. The van der Waals surface area contributed by atoms with Crippen molar-refractivity contribution in [1.82, 2.24) is 14.9 Å². The lowest BCUT2D eigenvalue weighted by Gasteiger charge is -2.35. The van der Waals surface area contributed by atoms with Crippen LogP contribution in [-0.2, 0) is 22.6 Å². The van der Waals surface area contributed by atoms with E-state index in [1.165, 1.54) is 17.8 Å². The first kappa shape index (κ1) is 25.6. The molecular formula is C25H33N3O6S. The topological polar surface area (TPSA) is 118 Å². The van der Waals surface area contributed by atoms with Crippen molar-refractivity contribution in [1.29, 1.82) is 0 Å². The van der Waals surface area contributed by atoms with E-state index in [0.29, 0.717) is 58.0 Å². The second-order valence-electron chi connectivity index (χ2n) is 8.94. The molecule has 1 fully saturated rings. The molecule has 3 aromatic rings. The Hall–Kier alpha value is -2.53. The van der Waals surface area contributed by atoms with E-state index in [1.807, 2.05) is 6.07 Å². The molecule has 1 aliphatic rings. The molecule has 1 saturated carbocycles. The summed E-state index contributed by atoms with van der Waals surface area (Å²) in [5.41, 5.74) is 0.331. The van der Waals surface area contributed by atoms with Gasteiger partial charge >= 0.3 is 5.97 Å². The van der Waals surface area contributed by atoms with E-state index in [9.17, 15) is 14.7 Å². The van der Waals surface area contributed by atoms with Crippen LogP contribution in [0.4, 0.5) is 0 Å². The average molecular weight is 504 g/mol. The van der Waals surface area contributed by atoms with Gasteiger partial charge in [-0.25, -0.2) is 9.78 Å². The van der Waals surface area contributed by atoms with Crippen molar-refractivity contribution in [2.24, 2.45) is 0 Å². The molecule has 1 aliphatic carbocycles. The van der Waals surface area contributed by atoms with Crippen LogP contribution in [0.1, 0.15) is 65.8 Å². The summed E-state index contributed by atoms with van der Waals surface area (Å²) in [6.45, 7) is 5.05. The maximum Gasteiger partial charge on any atom is 0.348 e. The zero-order chi connectivity index (χ0) is 24.8. The fraction of sp³-hybridized carbons (Fsp3) is 0.560. The number of carbonyl (C=O) groups is 1. The second-order valence-corrected chi connectivity index (χ2v) is 9.94. The predicted octanol–water partition coefficient (Wildman–Crippen LogP) is 3.78. The molecule has 4 rings (SSSR count). The van der Waals surface area contributed by atoms with E-state index in [1.54, 1.807) is 26.2 Å². The molecule has 0 amide bonds. The molecule has 0 saturated heterocycles. The summed E-state index contributed by atoms with van der Waals surface area (Å²) in [6, 6.07) is 3.93. The molecule has 0 aromatic carbocycles. The molecule has 10 heteroatoms. The van der Waals surface area contributed by atoms with Crippen LogP contribution in [0.3, 0.4) is 0 Å². The minimum absolute atomic E-state index is 0.180. The van der Waals surface area contributed by atoms with Crippen LogP contribution in [-0.4, -0.2) is 57.8 Å². The number of aliphatic hydroxyl groups excluding tert-OH is 1. The number of aromatic amines is 1. The van der Waals surface area contributed by atoms with Gasteiger partial charge in [-0.1, -0.05) is 19.3 Å². The number of carbonyl (C=O) groups excluding carboxylic acids is 1. The first-order valence-electron chi connectivity index (χ1n) is 12.2. The number of hydrogen-bond acceptors (Lipinski definition) is 9. The Morgan fingerprint density at radius 1 is 1.37 bits per heavy atom. The number of fused-ring (bicyclic) bond motifs is 1. The van der Waals surface area contributed by atoms with E-state index in [0.717, 1.165) is 25.7 Å². The molecule has 9 nitrogen and oxygen atoms in total. The summed E-state index contributed by atoms with van der Waals surface area (Å²) < 4.78 is 16.0. The van der Waals surface area contributed by atoms with Crippen LogP contribution in [0.5, 0.6) is 0 Å². The van der Waals surface area contributed by atoms with Crippen LogP contribution < -0.4 is 5.56 Å². The molecule has 0 bridgehead atoms. The molecule has 0 aliphatic heterocycles. The van der Waals surface area contributed by atoms with Crippen LogP contribution in [0.25, 0.3) is 10.2 Å². The van der Waals surface area contributed by atoms with Gasteiger partial charge in [-0.05, 0) is 44.4 Å². The van der Waals surface area contributed by atoms with Crippen LogP contribution in [0, 0.1) is 6.92 Å². The number of nitrogens with one attached hydrogen (secondary N) is 1. The van der Waals surface area contributed by atoms with Crippen molar-refractivity contribution < 1.29 is 23.8 Å². The first-order valence-corrected chi connectivity index (χ1v) is 13.0. The highest BCUT2D eigenvalue weighted by molar-refractivity contribution is 7.20. The number of esters is 1. The lowest BCUT2D eigenvalue weighted by Crippen LogP contribution is -2.43. The van der Waals surface area contributed by atoms with Gasteiger partial charge in [0, 0.05) is 12.6 Å². The maximum absolute atomic E-state index is 12.9. The third-order valence-electron chi connectivity index (χ3n) is 6.33. The van der Waals surface area contributed by atoms with Gasteiger partial charge in [0.05, 0.1) is 37.5 Å². The number of nitrogens with zero attached hydrogens (tertiary/aromatic N) is 2. The third kappa shape index (κ3) is 6.38. The standard InChI is InChI=1S/C25H33N3O6S/c1-3-33-25(31)22-16(2)21-23(30)26-20(27-24(21)35-22)13-28(17-8-5-4-6-9-17)12-18(29)14-32-15-19-10-7-11-34-19/h7,10-11,17-18,29H,3-6,8-9,12-15H2,1-2H3,(H,26,27,30). The zero-order valence-electron chi connectivity index (χ0n) is 20.2. The van der Waals surface area contributed by atoms with E-state index >= 15 is 0 Å². The molecule has 190 valence electrons. The van der Waals surface area contributed by atoms with Gasteiger partial charge in [-0.15, -0.1) is 11.3 Å². The molecule has 1 atom stereocenters. The van der Waals surface area contributed by atoms with Crippen LogP contribution >= 0.6 is 11.3 Å². The zero-order valence-corrected chi connectivity index (χ0v) is 21.1. The summed E-state index contributed by atoms with van der Waals surface area (Å²) in [5, 5.41) is 11.1. The van der Waals surface area contributed by atoms with Crippen LogP contribution in [0.2, 0.25) is 0 Å². The van der Waals surface area contributed by atoms with Crippen molar-refractivity contribution in [3.05, 3.63) is 50.8 Å². The molecule has 0 radical (unpaired) electrons. The van der Waals surface area contributed by atoms with Gasteiger partial charge in [0.15, 0.2) is 0 Å². The van der Waals surface area contributed by atoms with E-state index < -0.39 is 12.1 Å². The Morgan fingerprint density at radius 3 is 2.89 bits per heavy atom. The number of ether oxygens (including phenoxy) is 2. The number of aryl methyl sites for hydroxylation is 1. The largest absolute Gasteiger partial charge is 0.467 e. The van der Waals surface area contributed by atoms with Gasteiger partial charge in [0.25, 0.3) is 5.56 Å². The van der Waals surface area contributed by atoms with Crippen molar-refractivity contribution >= 4 is 27.5 Å². The fourth-order valence-electron chi connectivity index (χ4n) is 4.65. The summed E-state index contributed by atoms with van der Waals surface area (Å²) in [7, 11) is 0. The number of H-pyrrole nitrogens is 1. The van der Waals surface area contributed by atoms with Crippen molar-refractivity contribution in [3.63, 3.8) is 0 Å².